The first-order valence-electron chi connectivity index (χ1n) is 6.66. The molecular formula is C14H18ClNO4S. The summed E-state index contributed by atoms with van der Waals surface area (Å²) in [6, 6.07) is 5.48. The van der Waals surface area contributed by atoms with Crippen molar-refractivity contribution in [3.8, 4) is 0 Å². The van der Waals surface area contributed by atoms with Crippen LogP contribution in [0.2, 0.25) is 5.02 Å². The van der Waals surface area contributed by atoms with E-state index in [4.69, 9.17) is 11.6 Å². The fraction of sp³-hybridized carbons (Fsp3) is 0.500. The van der Waals surface area contributed by atoms with Gasteiger partial charge in [0.1, 0.15) is 0 Å². The van der Waals surface area contributed by atoms with Crippen LogP contribution < -0.4 is 0 Å². The zero-order valence-corrected chi connectivity index (χ0v) is 13.6. The van der Waals surface area contributed by atoms with Crippen LogP contribution in [0.4, 0.5) is 0 Å². The molecule has 1 aliphatic heterocycles. The number of carbonyl (C=O) groups excluding carboxylic acids is 1. The van der Waals surface area contributed by atoms with Crippen LogP contribution in [0, 0.1) is 5.92 Å². The molecule has 7 heteroatoms. The van der Waals surface area contributed by atoms with Gasteiger partial charge < -0.3 is 4.74 Å². The molecule has 1 aliphatic rings. The van der Waals surface area contributed by atoms with Crippen molar-refractivity contribution in [3.05, 3.63) is 34.3 Å². The van der Waals surface area contributed by atoms with E-state index >= 15 is 0 Å². The Morgan fingerprint density at radius 1 is 1.43 bits per heavy atom. The van der Waals surface area contributed by atoms with Gasteiger partial charge in [-0.3, -0.25) is 4.79 Å². The summed E-state index contributed by atoms with van der Waals surface area (Å²) >= 11 is 5.94. The second-order valence-corrected chi connectivity index (χ2v) is 7.65. The molecule has 0 aromatic heterocycles. The van der Waals surface area contributed by atoms with Crippen molar-refractivity contribution in [3.63, 3.8) is 0 Å². The molecular weight excluding hydrogens is 314 g/mol. The molecule has 0 amide bonds. The summed E-state index contributed by atoms with van der Waals surface area (Å²) in [6.45, 7) is 2.29. The Bertz CT molecular complexity index is 644. The molecule has 0 saturated carbocycles. The van der Waals surface area contributed by atoms with Gasteiger partial charge in [0.2, 0.25) is 10.0 Å². The summed E-state index contributed by atoms with van der Waals surface area (Å²) in [5, 5.41) is 0.657. The number of hydrogen-bond acceptors (Lipinski definition) is 4. The van der Waals surface area contributed by atoms with Crippen LogP contribution >= 0.6 is 11.6 Å². The fourth-order valence-electron chi connectivity index (χ4n) is 2.42. The van der Waals surface area contributed by atoms with Gasteiger partial charge in [-0.1, -0.05) is 24.6 Å². The lowest BCUT2D eigenvalue weighted by molar-refractivity contribution is -0.144. The number of rotatable bonds is 4. The van der Waals surface area contributed by atoms with Crippen LogP contribution in [0.3, 0.4) is 0 Å². The summed E-state index contributed by atoms with van der Waals surface area (Å²) in [5.74, 6) is -1.42. The van der Waals surface area contributed by atoms with E-state index in [-0.39, 0.29) is 5.75 Å². The number of benzene rings is 1. The molecule has 5 nitrogen and oxygen atoms in total. The van der Waals surface area contributed by atoms with Gasteiger partial charge in [-0.05, 0) is 29.7 Å². The number of methoxy groups -OCH3 is 1. The third-order valence-electron chi connectivity index (χ3n) is 3.60. The minimum Gasteiger partial charge on any atom is -0.469 e. The van der Waals surface area contributed by atoms with E-state index in [9.17, 15) is 13.2 Å². The molecule has 0 saturated heterocycles. The first kappa shape index (κ1) is 16.3. The van der Waals surface area contributed by atoms with E-state index in [2.05, 4.69) is 4.74 Å². The van der Waals surface area contributed by atoms with Crippen molar-refractivity contribution in [2.24, 2.45) is 5.92 Å². The molecule has 0 radical (unpaired) electrons. The molecule has 1 heterocycles. The molecule has 1 atom stereocenters. The normalized spacial score (nSPS) is 17.1. The van der Waals surface area contributed by atoms with Crippen LogP contribution in [0.1, 0.15) is 18.1 Å². The number of carbonyl (C=O) groups is 1. The molecule has 0 N–H and O–H groups in total. The van der Waals surface area contributed by atoms with Crippen LogP contribution in [0.15, 0.2) is 18.2 Å². The molecule has 0 fully saturated rings. The highest BCUT2D eigenvalue weighted by Crippen LogP contribution is 2.25. The first-order chi connectivity index (χ1) is 9.83. The van der Waals surface area contributed by atoms with Gasteiger partial charge in [-0.2, -0.15) is 4.31 Å². The van der Waals surface area contributed by atoms with Gasteiger partial charge in [-0.25, -0.2) is 8.42 Å². The summed E-state index contributed by atoms with van der Waals surface area (Å²) in [7, 11) is -2.23. The second kappa shape index (κ2) is 6.34. The van der Waals surface area contributed by atoms with Crippen molar-refractivity contribution in [1.82, 2.24) is 4.31 Å². The van der Waals surface area contributed by atoms with E-state index < -0.39 is 21.9 Å². The Morgan fingerprint density at radius 3 is 2.81 bits per heavy atom. The second-order valence-electron chi connectivity index (χ2n) is 5.20. The third kappa shape index (κ3) is 3.75. The standard InChI is InChI=1S/C14H18ClNO4S/c1-10(14(17)20-2)9-21(18,19)16-6-5-11-7-13(15)4-3-12(11)8-16/h3-4,7,10H,5-6,8-9H2,1-2H3/t10-/m0/s1. The van der Waals surface area contributed by atoms with Crippen molar-refractivity contribution in [2.45, 2.75) is 19.9 Å². The molecule has 21 heavy (non-hydrogen) atoms. The van der Waals surface area contributed by atoms with Crippen LogP contribution in [0.25, 0.3) is 0 Å². The minimum absolute atomic E-state index is 0.234. The molecule has 1 aromatic carbocycles. The van der Waals surface area contributed by atoms with Gasteiger partial charge in [0.25, 0.3) is 0 Å². The Balaban J connectivity index is 2.12. The largest absolute Gasteiger partial charge is 0.469 e. The lowest BCUT2D eigenvalue weighted by Gasteiger charge is -2.28. The third-order valence-corrected chi connectivity index (χ3v) is 5.86. The highest BCUT2D eigenvalue weighted by molar-refractivity contribution is 7.89. The molecule has 0 unspecified atom stereocenters. The van der Waals surface area contributed by atoms with Gasteiger partial charge in [0.15, 0.2) is 0 Å². The Hall–Kier alpha value is -1.11. The summed E-state index contributed by atoms with van der Waals surface area (Å²) in [4.78, 5) is 11.4. The average Bonchev–Trinajstić information content (AvgIpc) is 2.45. The molecule has 2 rings (SSSR count). The highest BCUT2D eigenvalue weighted by atomic mass is 35.5. The highest BCUT2D eigenvalue weighted by Gasteiger charge is 2.30. The molecule has 0 spiro atoms. The average molecular weight is 332 g/mol. The van der Waals surface area contributed by atoms with Crippen molar-refractivity contribution < 1.29 is 17.9 Å². The van der Waals surface area contributed by atoms with E-state index in [1.807, 2.05) is 12.1 Å². The van der Waals surface area contributed by atoms with E-state index in [0.29, 0.717) is 24.5 Å². The molecule has 1 aromatic rings. The summed E-state index contributed by atoms with van der Waals surface area (Å²) in [6.07, 6.45) is 0.627. The lowest BCUT2D eigenvalue weighted by Crippen LogP contribution is -2.39. The number of hydrogen-bond donors (Lipinski definition) is 0. The smallest absolute Gasteiger partial charge is 0.309 e. The van der Waals surface area contributed by atoms with Crippen LogP contribution in [0.5, 0.6) is 0 Å². The monoisotopic (exact) mass is 331 g/mol. The number of sulfonamides is 1. The number of halogens is 1. The number of nitrogens with zero attached hydrogens (tertiary/aromatic N) is 1. The van der Waals surface area contributed by atoms with Crippen molar-refractivity contribution in [2.75, 3.05) is 19.4 Å². The Labute approximate surface area is 129 Å². The topological polar surface area (TPSA) is 63.7 Å². The van der Waals surface area contributed by atoms with Crippen molar-refractivity contribution in [1.29, 1.82) is 0 Å². The van der Waals surface area contributed by atoms with E-state index in [1.54, 1.807) is 13.0 Å². The molecule has 0 aliphatic carbocycles. The van der Waals surface area contributed by atoms with Gasteiger partial charge in [0.05, 0.1) is 18.8 Å². The molecule has 0 bridgehead atoms. The first-order valence-corrected chi connectivity index (χ1v) is 8.65. The zero-order valence-electron chi connectivity index (χ0n) is 12.0. The summed E-state index contributed by atoms with van der Waals surface area (Å²) in [5.41, 5.74) is 2.04. The van der Waals surface area contributed by atoms with E-state index in [0.717, 1.165) is 11.1 Å². The maximum absolute atomic E-state index is 12.4. The van der Waals surface area contributed by atoms with Crippen LogP contribution in [-0.2, 0) is 32.5 Å². The quantitative estimate of drug-likeness (QED) is 0.790. The molecule has 116 valence electrons. The minimum atomic E-state index is -3.49. The van der Waals surface area contributed by atoms with Crippen molar-refractivity contribution >= 4 is 27.6 Å². The lowest BCUT2D eigenvalue weighted by atomic mass is 10.0. The fourth-order valence-corrected chi connectivity index (χ4v) is 4.30. The van der Waals surface area contributed by atoms with E-state index in [1.165, 1.54) is 11.4 Å². The summed E-state index contributed by atoms with van der Waals surface area (Å²) < 4.78 is 30.8. The predicted molar refractivity (Wildman–Crippen MR) is 80.5 cm³/mol. The van der Waals surface area contributed by atoms with Gasteiger partial charge in [-0.15, -0.1) is 0 Å². The number of ether oxygens (including phenoxy) is 1. The Kier molecular flexibility index (Phi) is 4.91. The zero-order chi connectivity index (χ0) is 15.6. The van der Waals surface area contributed by atoms with Gasteiger partial charge >= 0.3 is 5.97 Å². The predicted octanol–water partition coefficient (Wildman–Crippen LogP) is 1.84. The SMILES string of the molecule is COC(=O)[C@@H](C)CS(=O)(=O)N1CCc2cc(Cl)ccc2C1. The maximum Gasteiger partial charge on any atom is 0.309 e. The van der Waals surface area contributed by atoms with Gasteiger partial charge in [0, 0.05) is 18.1 Å². The number of fused-ring (bicyclic) bond motifs is 1. The van der Waals surface area contributed by atoms with Crippen LogP contribution in [-0.4, -0.2) is 38.1 Å². The number of esters is 1. The Morgan fingerprint density at radius 2 is 2.14 bits per heavy atom. The maximum atomic E-state index is 12.4.